The van der Waals surface area contributed by atoms with Gasteiger partial charge in [-0.1, -0.05) is 49.0 Å². The standard InChI is InChI=1S/C17H27NO2SSi/c1-14-8-10-16(11-9-14)21(19,20)18-17(2)12-6-7-15(17)13-22(3,4)5/h7-11,18H,6,12-13H2,1-5H3. The predicted octanol–water partition coefficient (Wildman–Crippen LogP) is 4.09. The van der Waals surface area contributed by atoms with E-state index >= 15 is 0 Å². The summed E-state index contributed by atoms with van der Waals surface area (Å²) >= 11 is 0. The van der Waals surface area contributed by atoms with Gasteiger partial charge in [0, 0.05) is 8.07 Å². The number of rotatable bonds is 5. The second kappa shape index (κ2) is 5.94. The van der Waals surface area contributed by atoms with Crippen molar-refractivity contribution < 1.29 is 8.42 Å². The van der Waals surface area contributed by atoms with E-state index in [4.69, 9.17) is 0 Å². The van der Waals surface area contributed by atoms with Crippen molar-refractivity contribution in [3.8, 4) is 0 Å². The topological polar surface area (TPSA) is 46.2 Å². The first-order valence-corrected chi connectivity index (χ1v) is 13.0. The number of hydrogen-bond acceptors (Lipinski definition) is 2. The summed E-state index contributed by atoms with van der Waals surface area (Å²) in [5.41, 5.74) is 1.89. The number of benzene rings is 1. The van der Waals surface area contributed by atoms with E-state index in [1.165, 1.54) is 5.57 Å². The Kier molecular flexibility index (Phi) is 4.71. The lowest BCUT2D eigenvalue weighted by atomic mass is 9.96. The van der Waals surface area contributed by atoms with Crippen LogP contribution in [0, 0.1) is 6.92 Å². The number of allylic oxidation sites excluding steroid dienone is 1. The molecular formula is C17H27NO2SSi. The van der Waals surface area contributed by atoms with Gasteiger partial charge in [0.2, 0.25) is 10.0 Å². The zero-order valence-electron chi connectivity index (χ0n) is 14.2. The summed E-state index contributed by atoms with van der Waals surface area (Å²) < 4.78 is 28.3. The van der Waals surface area contributed by atoms with Gasteiger partial charge in [-0.15, -0.1) is 0 Å². The van der Waals surface area contributed by atoms with Gasteiger partial charge >= 0.3 is 0 Å². The van der Waals surface area contributed by atoms with Crippen molar-refractivity contribution in [2.75, 3.05) is 0 Å². The smallest absolute Gasteiger partial charge is 0.207 e. The van der Waals surface area contributed by atoms with Gasteiger partial charge in [0.05, 0.1) is 10.4 Å². The first-order valence-electron chi connectivity index (χ1n) is 7.82. The van der Waals surface area contributed by atoms with Crippen molar-refractivity contribution in [2.45, 2.75) is 62.8 Å². The molecular weight excluding hydrogens is 310 g/mol. The molecule has 5 heteroatoms. The third-order valence-corrected chi connectivity index (χ3v) is 7.21. The highest BCUT2D eigenvalue weighted by atomic mass is 32.2. The third-order valence-electron chi connectivity index (χ3n) is 4.16. The Morgan fingerprint density at radius 3 is 2.32 bits per heavy atom. The molecule has 0 saturated heterocycles. The number of nitrogens with one attached hydrogen (secondary N) is 1. The number of sulfonamides is 1. The minimum atomic E-state index is -3.48. The monoisotopic (exact) mass is 337 g/mol. The summed E-state index contributed by atoms with van der Waals surface area (Å²) in [5.74, 6) is 0. The van der Waals surface area contributed by atoms with E-state index in [1.807, 2.05) is 26.0 Å². The van der Waals surface area contributed by atoms with Crippen LogP contribution in [0.4, 0.5) is 0 Å². The molecule has 122 valence electrons. The zero-order chi connectivity index (χ0) is 16.6. The predicted molar refractivity (Wildman–Crippen MR) is 95.4 cm³/mol. The summed E-state index contributed by atoms with van der Waals surface area (Å²) in [6.45, 7) is 10.9. The zero-order valence-corrected chi connectivity index (χ0v) is 16.0. The molecule has 0 aliphatic heterocycles. The van der Waals surface area contributed by atoms with Crippen LogP contribution in [-0.4, -0.2) is 22.0 Å². The Bertz CT molecular complexity index is 672. The van der Waals surface area contributed by atoms with Gasteiger partial charge in [-0.3, -0.25) is 0 Å². The van der Waals surface area contributed by atoms with E-state index in [-0.39, 0.29) is 0 Å². The summed E-state index contributed by atoms with van der Waals surface area (Å²) in [6, 6.07) is 8.07. The Morgan fingerprint density at radius 2 is 1.77 bits per heavy atom. The SMILES string of the molecule is Cc1ccc(S(=O)(=O)NC2(C)CCC=C2C[Si](C)(C)C)cc1. The van der Waals surface area contributed by atoms with Crippen LogP contribution < -0.4 is 4.72 Å². The van der Waals surface area contributed by atoms with Gasteiger partial charge in [0.25, 0.3) is 0 Å². The quantitative estimate of drug-likeness (QED) is 0.650. The van der Waals surface area contributed by atoms with Gasteiger partial charge in [0.1, 0.15) is 0 Å². The van der Waals surface area contributed by atoms with Crippen LogP contribution in [0.1, 0.15) is 25.3 Å². The maximum Gasteiger partial charge on any atom is 0.241 e. The van der Waals surface area contributed by atoms with Crippen LogP contribution in [0.15, 0.2) is 40.8 Å². The van der Waals surface area contributed by atoms with Crippen LogP contribution in [-0.2, 0) is 10.0 Å². The van der Waals surface area contributed by atoms with Gasteiger partial charge in [-0.05, 0) is 44.9 Å². The van der Waals surface area contributed by atoms with Crippen LogP contribution in [0.5, 0.6) is 0 Å². The first-order chi connectivity index (χ1) is 10.0. The molecule has 1 atom stereocenters. The highest BCUT2D eigenvalue weighted by Crippen LogP contribution is 2.36. The van der Waals surface area contributed by atoms with Gasteiger partial charge in [-0.2, -0.15) is 0 Å². The van der Waals surface area contributed by atoms with E-state index in [1.54, 1.807) is 12.1 Å². The van der Waals surface area contributed by atoms with Crippen molar-refractivity contribution in [1.82, 2.24) is 4.72 Å². The molecule has 0 amide bonds. The van der Waals surface area contributed by atoms with E-state index in [9.17, 15) is 8.42 Å². The fourth-order valence-electron chi connectivity index (χ4n) is 2.95. The fourth-order valence-corrected chi connectivity index (χ4v) is 6.06. The van der Waals surface area contributed by atoms with Crippen LogP contribution in [0.25, 0.3) is 0 Å². The molecule has 0 fully saturated rings. The van der Waals surface area contributed by atoms with Crippen molar-refractivity contribution in [1.29, 1.82) is 0 Å². The normalized spacial score (nSPS) is 22.7. The summed E-state index contributed by atoms with van der Waals surface area (Å²) in [6.07, 6.45) is 4.03. The fraction of sp³-hybridized carbons (Fsp3) is 0.529. The van der Waals surface area contributed by atoms with Gasteiger partial charge < -0.3 is 0 Å². The average molecular weight is 338 g/mol. The molecule has 22 heavy (non-hydrogen) atoms. The largest absolute Gasteiger partial charge is 0.241 e. The molecule has 1 aromatic carbocycles. The molecule has 0 spiro atoms. The maximum absolute atomic E-state index is 12.7. The van der Waals surface area contributed by atoms with Gasteiger partial charge in [0.15, 0.2) is 0 Å². The lowest BCUT2D eigenvalue weighted by molar-refractivity contribution is 0.471. The molecule has 0 bridgehead atoms. The molecule has 1 aromatic rings. The van der Waals surface area contributed by atoms with Crippen LogP contribution in [0.2, 0.25) is 25.7 Å². The van der Waals surface area contributed by atoms with E-state index in [0.29, 0.717) is 4.90 Å². The minimum absolute atomic E-state index is 0.346. The summed E-state index contributed by atoms with van der Waals surface area (Å²) in [5, 5.41) is 0. The first kappa shape index (κ1) is 17.4. The Labute approximate surface area is 135 Å². The van der Waals surface area contributed by atoms with Crippen molar-refractivity contribution in [3.63, 3.8) is 0 Å². The van der Waals surface area contributed by atoms with E-state index in [0.717, 1.165) is 24.4 Å². The molecule has 2 rings (SSSR count). The van der Waals surface area contributed by atoms with Gasteiger partial charge in [-0.25, -0.2) is 13.1 Å². The molecule has 0 aromatic heterocycles. The Morgan fingerprint density at radius 1 is 1.18 bits per heavy atom. The number of aryl methyl sites for hydroxylation is 1. The van der Waals surface area contributed by atoms with Crippen molar-refractivity contribution >= 4 is 18.1 Å². The molecule has 1 aliphatic rings. The second-order valence-electron chi connectivity index (χ2n) is 7.76. The summed E-state index contributed by atoms with van der Waals surface area (Å²) in [4.78, 5) is 0.346. The minimum Gasteiger partial charge on any atom is -0.207 e. The number of hydrogen-bond donors (Lipinski definition) is 1. The Hall–Kier alpha value is -0.913. The molecule has 1 aliphatic carbocycles. The van der Waals surface area contributed by atoms with Crippen molar-refractivity contribution in [2.24, 2.45) is 0 Å². The van der Waals surface area contributed by atoms with Crippen molar-refractivity contribution in [3.05, 3.63) is 41.5 Å². The molecule has 3 nitrogen and oxygen atoms in total. The Balaban J connectivity index is 2.24. The second-order valence-corrected chi connectivity index (χ2v) is 14.9. The molecule has 0 heterocycles. The third kappa shape index (κ3) is 4.09. The van der Waals surface area contributed by atoms with E-state index in [2.05, 4.69) is 30.4 Å². The molecule has 1 unspecified atom stereocenters. The van der Waals surface area contributed by atoms with E-state index < -0.39 is 23.6 Å². The highest BCUT2D eigenvalue weighted by molar-refractivity contribution is 7.89. The molecule has 0 radical (unpaired) electrons. The maximum atomic E-state index is 12.7. The molecule has 0 saturated carbocycles. The van der Waals surface area contributed by atoms with Crippen LogP contribution >= 0.6 is 0 Å². The highest BCUT2D eigenvalue weighted by Gasteiger charge is 2.38. The molecule has 1 N–H and O–H groups in total. The van der Waals surface area contributed by atoms with Crippen LogP contribution in [0.3, 0.4) is 0 Å². The lowest BCUT2D eigenvalue weighted by Gasteiger charge is -2.32. The lowest BCUT2D eigenvalue weighted by Crippen LogP contribution is -2.46. The summed E-state index contributed by atoms with van der Waals surface area (Å²) in [7, 11) is -4.76. The average Bonchev–Trinajstić information content (AvgIpc) is 2.68.